The van der Waals surface area contributed by atoms with Crippen LogP contribution in [-0.4, -0.2) is 33.0 Å². The van der Waals surface area contributed by atoms with Gasteiger partial charge in [0, 0.05) is 0 Å². The quantitative estimate of drug-likeness (QED) is 0.700. The van der Waals surface area contributed by atoms with Crippen molar-refractivity contribution in [3.8, 4) is 0 Å². The number of hydrogen-bond acceptors (Lipinski definition) is 1. The van der Waals surface area contributed by atoms with E-state index in [0.29, 0.717) is 6.42 Å². The van der Waals surface area contributed by atoms with Crippen LogP contribution in [0.4, 0.5) is 0 Å². The van der Waals surface area contributed by atoms with Crippen molar-refractivity contribution in [2.75, 3.05) is 4.56 Å². The molecule has 3 heteroatoms. The number of amides is 1. The summed E-state index contributed by atoms with van der Waals surface area (Å²) in [6.45, 7) is 2.09. The molecule has 0 rings (SSSR count). The third kappa shape index (κ3) is 6.15. The molecule has 0 aromatic carbocycles. The summed E-state index contributed by atoms with van der Waals surface area (Å²) < 4.78 is 0.843. The monoisotopic (exact) mass is 234 g/mol. The molecule has 2 nitrogen and oxygen atoms in total. The Balaban J connectivity index is 3.06. The second-order valence-electron chi connectivity index (χ2n) is 1.88. The minimum atomic E-state index is 0.202. The van der Waals surface area contributed by atoms with Crippen LogP contribution in [0.1, 0.15) is 26.2 Å². The first-order valence-electron chi connectivity index (χ1n) is 3.22. The molecular formula is C6H12NOSn. The molecule has 0 aromatic heterocycles. The van der Waals surface area contributed by atoms with Gasteiger partial charge in [0.2, 0.25) is 0 Å². The van der Waals surface area contributed by atoms with Crippen molar-refractivity contribution in [1.29, 1.82) is 0 Å². The first-order valence-corrected chi connectivity index (χ1v) is 5.24. The van der Waals surface area contributed by atoms with Crippen LogP contribution in [0.3, 0.4) is 0 Å². The van der Waals surface area contributed by atoms with E-state index >= 15 is 0 Å². The van der Waals surface area contributed by atoms with Crippen LogP contribution in [0.2, 0.25) is 0 Å². The summed E-state index contributed by atoms with van der Waals surface area (Å²) in [4.78, 5) is 10.7. The summed E-state index contributed by atoms with van der Waals surface area (Å²) >= 11 is 1.37. The molecule has 0 heterocycles. The fraction of sp³-hybridized carbons (Fsp3) is 0.833. The fourth-order valence-corrected chi connectivity index (χ4v) is 1.09. The number of nitrogens with one attached hydrogen (secondary N) is 1. The average molecular weight is 233 g/mol. The predicted molar refractivity (Wildman–Crippen MR) is 38.3 cm³/mol. The third-order valence-electron chi connectivity index (χ3n) is 1.04. The van der Waals surface area contributed by atoms with Crippen LogP contribution >= 0.6 is 0 Å². The van der Waals surface area contributed by atoms with Crippen molar-refractivity contribution in [2.45, 2.75) is 26.2 Å². The van der Waals surface area contributed by atoms with Crippen molar-refractivity contribution in [3.05, 3.63) is 0 Å². The van der Waals surface area contributed by atoms with E-state index in [1.54, 1.807) is 0 Å². The van der Waals surface area contributed by atoms with Crippen molar-refractivity contribution < 1.29 is 4.79 Å². The number of hydrogen-bond donors (Lipinski definition) is 1. The van der Waals surface area contributed by atoms with Gasteiger partial charge in [-0.1, -0.05) is 0 Å². The Bertz CT molecular complexity index is 85.1. The van der Waals surface area contributed by atoms with Gasteiger partial charge in [0.1, 0.15) is 0 Å². The van der Waals surface area contributed by atoms with Gasteiger partial charge >= 0.3 is 69.3 Å². The van der Waals surface area contributed by atoms with Gasteiger partial charge in [-0.05, 0) is 0 Å². The molecule has 0 saturated heterocycles. The molecule has 9 heavy (non-hydrogen) atoms. The van der Waals surface area contributed by atoms with Crippen LogP contribution in [0.15, 0.2) is 0 Å². The van der Waals surface area contributed by atoms with E-state index in [4.69, 9.17) is 0 Å². The molecule has 0 atom stereocenters. The standard InChI is InChI=1S/C6H12NO.Sn/c1-3-4-5-6(8)7-2;/h2-5H2,1H3,(H,7,8);. The van der Waals surface area contributed by atoms with E-state index < -0.39 is 0 Å². The van der Waals surface area contributed by atoms with E-state index in [1.807, 2.05) is 0 Å². The summed E-state index contributed by atoms with van der Waals surface area (Å²) in [5, 5.41) is 2.78. The minimum absolute atomic E-state index is 0.202. The number of rotatable bonds is 4. The van der Waals surface area contributed by atoms with E-state index in [-0.39, 0.29) is 5.91 Å². The Morgan fingerprint density at radius 1 is 1.67 bits per heavy atom. The van der Waals surface area contributed by atoms with Crippen molar-refractivity contribution in [1.82, 2.24) is 5.32 Å². The van der Waals surface area contributed by atoms with Gasteiger partial charge in [-0.15, -0.1) is 0 Å². The van der Waals surface area contributed by atoms with Gasteiger partial charge in [-0.2, -0.15) is 0 Å². The molecule has 0 saturated carbocycles. The van der Waals surface area contributed by atoms with Crippen molar-refractivity contribution >= 4 is 28.4 Å². The van der Waals surface area contributed by atoms with Gasteiger partial charge in [-0.25, -0.2) is 0 Å². The van der Waals surface area contributed by atoms with Gasteiger partial charge in [0.15, 0.2) is 0 Å². The summed E-state index contributed by atoms with van der Waals surface area (Å²) in [5.74, 6) is 0.202. The molecule has 0 unspecified atom stereocenters. The van der Waals surface area contributed by atoms with Crippen molar-refractivity contribution in [3.63, 3.8) is 0 Å². The normalized spacial score (nSPS) is 9.11. The Morgan fingerprint density at radius 3 is 2.78 bits per heavy atom. The molecule has 1 N–H and O–H groups in total. The van der Waals surface area contributed by atoms with Crippen molar-refractivity contribution in [2.24, 2.45) is 0 Å². The number of unbranched alkanes of at least 4 members (excludes halogenated alkanes) is 1. The predicted octanol–water partition coefficient (Wildman–Crippen LogP) is 0.419. The number of carbonyl (C=O) groups excluding carboxylic acids is 1. The summed E-state index contributed by atoms with van der Waals surface area (Å²) in [7, 11) is 0. The van der Waals surface area contributed by atoms with E-state index in [0.717, 1.165) is 17.4 Å². The maximum atomic E-state index is 10.7. The molecule has 3 radical (unpaired) electrons. The Labute approximate surface area is 69.5 Å². The van der Waals surface area contributed by atoms with Crippen LogP contribution in [0.25, 0.3) is 0 Å². The molecule has 0 aromatic rings. The van der Waals surface area contributed by atoms with E-state index in [9.17, 15) is 4.79 Å². The van der Waals surface area contributed by atoms with Crippen LogP contribution in [-0.2, 0) is 4.79 Å². The summed E-state index contributed by atoms with van der Waals surface area (Å²) in [5.41, 5.74) is 0. The Morgan fingerprint density at radius 2 is 2.33 bits per heavy atom. The zero-order chi connectivity index (χ0) is 7.11. The van der Waals surface area contributed by atoms with E-state index in [2.05, 4.69) is 12.2 Å². The Kier molecular flexibility index (Phi) is 6.58. The first-order chi connectivity index (χ1) is 4.31. The molecule has 1 amide bonds. The average Bonchev–Trinajstić information content (AvgIpc) is 1.85. The molecule has 0 aliphatic heterocycles. The molecule has 0 spiro atoms. The van der Waals surface area contributed by atoms with Gasteiger partial charge in [-0.3, -0.25) is 0 Å². The SMILES string of the molecule is CCCCC(=O)N[CH2][Sn]. The third-order valence-corrected chi connectivity index (χ3v) is 1.55. The molecule has 0 aliphatic rings. The fourth-order valence-electron chi connectivity index (χ4n) is 0.524. The van der Waals surface area contributed by atoms with E-state index in [1.165, 1.54) is 22.5 Å². The molecule has 0 bridgehead atoms. The topological polar surface area (TPSA) is 29.1 Å². The number of carbonyl (C=O) groups is 1. The van der Waals surface area contributed by atoms with Gasteiger partial charge in [0.25, 0.3) is 0 Å². The maximum absolute atomic E-state index is 10.7. The Hall–Kier alpha value is 0.269. The second-order valence-corrected chi connectivity index (χ2v) is 2.89. The molecule has 51 valence electrons. The zero-order valence-electron chi connectivity index (χ0n) is 5.74. The molecular weight excluding hydrogens is 221 g/mol. The molecule has 0 aliphatic carbocycles. The van der Waals surface area contributed by atoms with Gasteiger partial charge < -0.3 is 0 Å². The summed E-state index contributed by atoms with van der Waals surface area (Å²) in [6, 6.07) is 0. The first kappa shape index (κ1) is 9.27. The van der Waals surface area contributed by atoms with Crippen LogP contribution < -0.4 is 5.32 Å². The zero-order valence-corrected chi connectivity index (χ0v) is 8.59. The summed E-state index contributed by atoms with van der Waals surface area (Å²) in [6.07, 6.45) is 2.82. The van der Waals surface area contributed by atoms with Crippen LogP contribution in [0.5, 0.6) is 0 Å². The van der Waals surface area contributed by atoms with Crippen LogP contribution in [0, 0.1) is 0 Å². The van der Waals surface area contributed by atoms with Gasteiger partial charge in [0.05, 0.1) is 0 Å². The molecule has 0 fully saturated rings. The second kappa shape index (κ2) is 6.39.